The summed E-state index contributed by atoms with van der Waals surface area (Å²) >= 11 is 0. The molecule has 0 fully saturated rings. The van der Waals surface area contributed by atoms with Crippen LogP contribution in [0.2, 0.25) is 0 Å². The second-order valence-corrected chi connectivity index (χ2v) is 3.85. The van der Waals surface area contributed by atoms with Crippen molar-refractivity contribution in [3.05, 3.63) is 29.8 Å². The zero-order valence-electron chi connectivity index (χ0n) is 10.3. The van der Waals surface area contributed by atoms with Crippen LogP contribution in [0.15, 0.2) is 18.2 Å². The van der Waals surface area contributed by atoms with Gasteiger partial charge in [-0.15, -0.1) is 0 Å². The number of hydrogen-bond donors (Lipinski definition) is 1. The number of nitrogen functional groups attached to an aromatic ring is 1. The zero-order chi connectivity index (χ0) is 14.0. The molecule has 0 unspecified atom stereocenters. The van der Waals surface area contributed by atoms with Crippen LogP contribution in [-0.4, -0.2) is 29.0 Å². The molecule has 2 aromatic rings. The lowest BCUT2D eigenvalue weighted by Gasteiger charge is -2.11. The highest BCUT2D eigenvalue weighted by Gasteiger charge is 2.11. The summed E-state index contributed by atoms with van der Waals surface area (Å²) in [5.74, 6) is -1.54. The molecule has 0 aliphatic carbocycles. The molecule has 0 bridgehead atoms. The first kappa shape index (κ1) is 12.9. The van der Waals surface area contributed by atoms with Crippen LogP contribution in [0.25, 0.3) is 0 Å². The lowest BCUT2D eigenvalue weighted by atomic mass is 10.3. The number of hydrogen-bond acceptors (Lipinski definition) is 6. The molecule has 100 valence electrons. The maximum absolute atomic E-state index is 13.4. The lowest BCUT2D eigenvalue weighted by Crippen LogP contribution is -2.15. The molecular formula is C11H11F2N5O. The van der Waals surface area contributed by atoms with E-state index in [1.54, 1.807) is 19.0 Å². The van der Waals surface area contributed by atoms with Crippen LogP contribution in [0.5, 0.6) is 11.8 Å². The number of nitrogens with two attached hydrogens (primary N) is 1. The van der Waals surface area contributed by atoms with E-state index in [4.69, 9.17) is 10.5 Å². The van der Waals surface area contributed by atoms with E-state index in [0.717, 1.165) is 12.1 Å². The molecule has 0 saturated heterocycles. The summed E-state index contributed by atoms with van der Waals surface area (Å²) in [6.07, 6.45) is 0. The van der Waals surface area contributed by atoms with Crippen molar-refractivity contribution in [3.8, 4) is 11.8 Å². The van der Waals surface area contributed by atoms with Crippen LogP contribution >= 0.6 is 0 Å². The zero-order valence-corrected chi connectivity index (χ0v) is 10.3. The first-order valence-corrected chi connectivity index (χ1v) is 5.27. The van der Waals surface area contributed by atoms with Crippen molar-refractivity contribution in [2.75, 3.05) is 24.7 Å². The highest BCUT2D eigenvalue weighted by molar-refractivity contribution is 5.35. The van der Waals surface area contributed by atoms with Crippen molar-refractivity contribution < 1.29 is 13.5 Å². The largest absolute Gasteiger partial charge is 0.421 e. The van der Waals surface area contributed by atoms with Gasteiger partial charge in [0.1, 0.15) is 5.82 Å². The van der Waals surface area contributed by atoms with Crippen LogP contribution < -0.4 is 15.4 Å². The molecule has 1 aromatic heterocycles. The van der Waals surface area contributed by atoms with Gasteiger partial charge in [-0.2, -0.15) is 15.0 Å². The normalized spacial score (nSPS) is 10.3. The van der Waals surface area contributed by atoms with Crippen molar-refractivity contribution in [2.45, 2.75) is 0 Å². The van der Waals surface area contributed by atoms with E-state index in [2.05, 4.69) is 15.0 Å². The molecule has 0 radical (unpaired) electrons. The van der Waals surface area contributed by atoms with Crippen molar-refractivity contribution in [3.63, 3.8) is 0 Å². The summed E-state index contributed by atoms with van der Waals surface area (Å²) in [6.45, 7) is 0. The molecular weight excluding hydrogens is 256 g/mol. The van der Waals surface area contributed by atoms with Gasteiger partial charge in [-0.1, -0.05) is 0 Å². The van der Waals surface area contributed by atoms with Crippen LogP contribution in [0, 0.1) is 11.6 Å². The Morgan fingerprint density at radius 2 is 1.89 bits per heavy atom. The number of ether oxygens (including phenoxy) is 1. The van der Waals surface area contributed by atoms with E-state index in [1.807, 2.05) is 0 Å². The lowest BCUT2D eigenvalue weighted by molar-refractivity contribution is 0.407. The van der Waals surface area contributed by atoms with Gasteiger partial charge >= 0.3 is 6.01 Å². The third-order valence-corrected chi connectivity index (χ3v) is 2.12. The van der Waals surface area contributed by atoms with Gasteiger partial charge in [0.05, 0.1) is 0 Å². The van der Waals surface area contributed by atoms with Crippen molar-refractivity contribution in [1.82, 2.24) is 15.0 Å². The number of halogens is 2. The Kier molecular flexibility index (Phi) is 3.41. The highest BCUT2D eigenvalue weighted by Crippen LogP contribution is 2.23. The second kappa shape index (κ2) is 5.01. The Hall–Kier alpha value is -2.51. The highest BCUT2D eigenvalue weighted by atomic mass is 19.1. The Morgan fingerprint density at radius 1 is 1.16 bits per heavy atom. The van der Waals surface area contributed by atoms with Gasteiger partial charge in [0.2, 0.25) is 11.9 Å². The molecule has 0 aliphatic rings. The Morgan fingerprint density at radius 3 is 2.53 bits per heavy atom. The summed E-state index contributed by atoms with van der Waals surface area (Å²) in [5.41, 5.74) is 5.49. The second-order valence-electron chi connectivity index (χ2n) is 3.85. The van der Waals surface area contributed by atoms with E-state index < -0.39 is 11.6 Å². The fourth-order valence-corrected chi connectivity index (χ4v) is 1.26. The Bertz CT molecular complexity index is 606. The summed E-state index contributed by atoms with van der Waals surface area (Å²) in [7, 11) is 3.41. The minimum Gasteiger partial charge on any atom is -0.421 e. The van der Waals surface area contributed by atoms with Crippen molar-refractivity contribution in [1.29, 1.82) is 0 Å². The minimum absolute atomic E-state index is 0.0591. The van der Waals surface area contributed by atoms with Gasteiger partial charge < -0.3 is 15.4 Å². The fourth-order valence-electron chi connectivity index (χ4n) is 1.26. The van der Waals surface area contributed by atoms with E-state index in [-0.39, 0.29) is 23.7 Å². The predicted molar refractivity (Wildman–Crippen MR) is 65.0 cm³/mol. The number of rotatable bonds is 3. The molecule has 1 aromatic carbocycles. The summed E-state index contributed by atoms with van der Waals surface area (Å²) in [6, 6.07) is 2.74. The molecule has 1 heterocycles. The van der Waals surface area contributed by atoms with E-state index >= 15 is 0 Å². The molecule has 0 saturated carbocycles. The molecule has 0 aliphatic heterocycles. The van der Waals surface area contributed by atoms with Gasteiger partial charge in [0.15, 0.2) is 11.6 Å². The van der Waals surface area contributed by atoms with Crippen LogP contribution in [0.3, 0.4) is 0 Å². The topological polar surface area (TPSA) is 77.2 Å². The molecule has 0 amide bonds. The molecule has 2 rings (SSSR count). The van der Waals surface area contributed by atoms with E-state index in [9.17, 15) is 8.78 Å². The quantitative estimate of drug-likeness (QED) is 0.910. The van der Waals surface area contributed by atoms with Crippen molar-refractivity contribution >= 4 is 11.9 Å². The first-order chi connectivity index (χ1) is 8.95. The van der Waals surface area contributed by atoms with Gasteiger partial charge in [0, 0.05) is 20.2 Å². The van der Waals surface area contributed by atoms with Crippen LogP contribution in [0.4, 0.5) is 20.7 Å². The summed E-state index contributed by atoms with van der Waals surface area (Å²) in [4.78, 5) is 13.1. The maximum atomic E-state index is 13.4. The van der Waals surface area contributed by atoms with Gasteiger partial charge in [-0.05, 0) is 12.1 Å². The number of anilines is 2. The SMILES string of the molecule is CN(C)c1nc(N)nc(Oc2ccc(F)cc2F)n1. The fraction of sp³-hybridized carbons (Fsp3) is 0.182. The maximum Gasteiger partial charge on any atom is 0.328 e. The average Bonchev–Trinajstić information content (AvgIpc) is 2.32. The van der Waals surface area contributed by atoms with Crippen molar-refractivity contribution in [2.24, 2.45) is 0 Å². The molecule has 0 atom stereocenters. The molecule has 0 spiro atoms. The average molecular weight is 267 g/mol. The smallest absolute Gasteiger partial charge is 0.328 e. The predicted octanol–water partition coefficient (Wildman–Crippen LogP) is 1.59. The van der Waals surface area contributed by atoms with E-state index in [1.165, 1.54) is 0 Å². The van der Waals surface area contributed by atoms with Crippen LogP contribution in [0.1, 0.15) is 0 Å². The molecule has 8 heteroatoms. The molecule has 19 heavy (non-hydrogen) atoms. The van der Waals surface area contributed by atoms with Gasteiger partial charge in [0.25, 0.3) is 0 Å². The summed E-state index contributed by atoms with van der Waals surface area (Å²) in [5, 5.41) is 0. The van der Waals surface area contributed by atoms with Gasteiger partial charge in [-0.3, -0.25) is 0 Å². The molecule has 2 N–H and O–H groups in total. The molecule has 6 nitrogen and oxygen atoms in total. The van der Waals surface area contributed by atoms with E-state index in [0.29, 0.717) is 6.07 Å². The number of nitrogens with zero attached hydrogens (tertiary/aromatic N) is 4. The number of aromatic nitrogens is 3. The third kappa shape index (κ3) is 3.03. The Labute approximate surface area is 107 Å². The first-order valence-electron chi connectivity index (χ1n) is 5.27. The standard InChI is InChI=1S/C11H11F2N5O/c1-18(2)10-15-9(14)16-11(17-10)19-8-4-3-6(12)5-7(8)13/h3-5H,1-2H3,(H2,14,15,16,17). The minimum atomic E-state index is -0.856. The van der Waals surface area contributed by atoms with Crippen LogP contribution in [-0.2, 0) is 0 Å². The third-order valence-electron chi connectivity index (χ3n) is 2.12. The van der Waals surface area contributed by atoms with Gasteiger partial charge in [-0.25, -0.2) is 8.78 Å². The monoisotopic (exact) mass is 267 g/mol. The number of benzene rings is 1. The Balaban J connectivity index is 2.32. The summed E-state index contributed by atoms with van der Waals surface area (Å²) < 4.78 is 31.3.